The van der Waals surface area contributed by atoms with Gasteiger partial charge in [-0.05, 0) is 42.7 Å². The van der Waals surface area contributed by atoms with Gasteiger partial charge >= 0.3 is 0 Å². The lowest BCUT2D eigenvalue weighted by atomic mass is 10.1. The van der Waals surface area contributed by atoms with Gasteiger partial charge in [-0.15, -0.1) is 10.2 Å². The van der Waals surface area contributed by atoms with Gasteiger partial charge in [0.1, 0.15) is 5.82 Å². The molecular formula is C22H23ClN4OS. The van der Waals surface area contributed by atoms with E-state index in [1.54, 1.807) is 0 Å². The number of carbonyl (C=O) groups excluding carboxylic acids is 1. The first-order valence-corrected chi connectivity index (χ1v) is 11.2. The van der Waals surface area contributed by atoms with Crippen LogP contribution >= 0.6 is 23.4 Å². The van der Waals surface area contributed by atoms with Crippen molar-refractivity contribution in [2.45, 2.75) is 43.3 Å². The number of hydrogen-bond acceptors (Lipinski definition) is 4. The van der Waals surface area contributed by atoms with Crippen molar-refractivity contribution in [3.63, 3.8) is 0 Å². The minimum absolute atomic E-state index is 0.0529. The predicted molar refractivity (Wildman–Crippen MR) is 117 cm³/mol. The lowest BCUT2D eigenvalue weighted by Crippen LogP contribution is -2.33. The molecule has 1 aromatic heterocycles. The fourth-order valence-corrected chi connectivity index (χ4v) is 4.51. The van der Waals surface area contributed by atoms with Crippen molar-refractivity contribution >= 4 is 29.3 Å². The molecule has 150 valence electrons. The Kier molecular flexibility index (Phi) is 6.52. The molecule has 1 aliphatic carbocycles. The molecule has 7 heteroatoms. The molecule has 2 aromatic carbocycles. The number of benzene rings is 2. The van der Waals surface area contributed by atoms with Crippen molar-refractivity contribution in [2.75, 3.05) is 5.75 Å². The quantitative estimate of drug-likeness (QED) is 0.558. The van der Waals surface area contributed by atoms with E-state index in [2.05, 4.69) is 27.6 Å². The SMILES string of the molecule is O=C(CSc1nnc(Cc2ccccc2)n1-c1ccc(Cl)cc1)NC1CCCC1. The first kappa shape index (κ1) is 20.0. The third-order valence-electron chi connectivity index (χ3n) is 5.04. The zero-order chi connectivity index (χ0) is 20.1. The van der Waals surface area contributed by atoms with Gasteiger partial charge in [0.25, 0.3) is 0 Å². The molecule has 0 saturated heterocycles. The van der Waals surface area contributed by atoms with Crippen LogP contribution in [0.1, 0.15) is 37.1 Å². The van der Waals surface area contributed by atoms with Crippen molar-refractivity contribution in [2.24, 2.45) is 0 Å². The highest BCUT2D eigenvalue weighted by Gasteiger charge is 2.19. The Bertz CT molecular complexity index is 953. The fraction of sp³-hybridized carbons (Fsp3) is 0.318. The Balaban J connectivity index is 1.54. The van der Waals surface area contributed by atoms with Crippen LogP contribution in [0.3, 0.4) is 0 Å². The molecule has 0 atom stereocenters. The molecule has 0 spiro atoms. The van der Waals surface area contributed by atoms with Crippen LogP contribution in [0, 0.1) is 0 Å². The van der Waals surface area contributed by atoms with Crippen LogP contribution in [0.15, 0.2) is 59.8 Å². The van der Waals surface area contributed by atoms with E-state index in [9.17, 15) is 4.79 Å². The van der Waals surface area contributed by atoms with Crippen molar-refractivity contribution < 1.29 is 4.79 Å². The Labute approximate surface area is 179 Å². The Hall–Kier alpha value is -2.31. The van der Waals surface area contributed by atoms with E-state index >= 15 is 0 Å². The van der Waals surface area contributed by atoms with E-state index in [4.69, 9.17) is 11.6 Å². The summed E-state index contributed by atoms with van der Waals surface area (Å²) in [7, 11) is 0. The lowest BCUT2D eigenvalue weighted by Gasteiger charge is -2.13. The molecule has 4 rings (SSSR count). The molecule has 3 aromatic rings. The fourth-order valence-electron chi connectivity index (χ4n) is 3.61. The van der Waals surface area contributed by atoms with Crippen LogP contribution in [-0.4, -0.2) is 32.5 Å². The van der Waals surface area contributed by atoms with E-state index in [1.807, 2.05) is 47.0 Å². The number of hydrogen-bond donors (Lipinski definition) is 1. The maximum Gasteiger partial charge on any atom is 0.230 e. The summed E-state index contributed by atoms with van der Waals surface area (Å²) < 4.78 is 2.01. The van der Waals surface area contributed by atoms with Gasteiger partial charge < -0.3 is 5.32 Å². The smallest absolute Gasteiger partial charge is 0.230 e. The van der Waals surface area contributed by atoms with Gasteiger partial charge in [0.2, 0.25) is 5.91 Å². The zero-order valence-electron chi connectivity index (χ0n) is 16.1. The maximum atomic E-state index is 12.4. The third-order valence-corrected chi connectivity index (χ3v) is 6.22. The van der Waals surface area contributed by atoms with Crippen molar-refractivity contribution in [1.82, 2.24) is 20.1 Å². The third kappa shape index (κ3) is 5.19. The van der Waals surface area contributed by atoms with Gasteiger partial charge in [0.15, 0.2) is 5.16 Å². The molecule has 1 heterocycles. The van der Waals surface area contributed by atoms with E-state index in [1.165, 1.54) is 24.6 Å². The van der Waals surface area contributed by atoms with Crippen LogP contribution in [0.25, 0.3) is 5.69 Å². The van der Waals surface area contributed by atoms with Crippen LogP contribution in [0.4, 0.5) is 0 Å². The first-order chi connectivity index (χ1) is 14.2. The molecule has 29 heavy (non-hydrogen) atoms. The van der Waals surface area contributed by atoms with Gasteiger partial charge in [0.05, 0.1) is 5.75 Å². The number of carbonyl (C=O) groups is 1. The second kappa shape index (κ2) is 9.46. The topological polar surface area (TPSA) is 59.8 Å². The molecule has 1 aliphatic rings. The van der Waals surface area contributed by atoms with Gasteiger partial charge in [-0.1, -0.05) is 66.5 Å². The Morgan fingerprint density at radius 2 is 1.79 bits per heavy atom. The standard InChI is InChI=1S/C22H23ClN4OS/c23-17-10-12-19(13-11-17)27-20(14-16-6-2-1-3-7-16)25-26-22(27)29-15-21(28)24-18-8-4-5-9-18/h1-3,6-7,10-13,18H,4-5,8-9,14-15H2,(H,24,28). The molecule has 1 fully saturated rings. The highest BCUT2D eigenvalue weighted by atomic mass is 35.5. The average Bonchev–Trinajstić information content (AvgIpc) is 3.38. The van der Waals surface area contributed by atoms with E-state index in [0.717, 1.165) is 29.9 Å². The maximum absolute atomic E-state index is 12.4. The summed E-state index contributed by atoms with van der Waals surface area (Å²) in [6, 6.07) is 18.1. The molecule has 1 amide bonds. The Morgan fingerprint density at radius 3 is 2.52 bits per heavy atom. The van der Waals surface area contributed by atoms with E-state index in [0.29, 0.717) is 28.4 Å². The summed E-state index contributed by atoms with van der Waals surface area (Å²) in [6.45, 7) is 0. The minimum Gasteiger partial charge on any atom is -0.353 e. The lowest BCUT2D eigenvalue weighted by molar-refractivity contribution is -0.119. The normalized spacial score (nSPS) is 14.2. The zero-order valence-corrected chi connectivity index (χ0v) is 17.6. The van der Waals surface area contributed by atoms with Gasteiger partial charge in [0, 0.05) is 23.2 Å². The minimum atomic E-state index is 0.0529. The summed E-state index contributed by atoms with van der Waals surface area (Å²) >= 11 is 7.48. The molecule has 1 saturated carbocycles. The number of nitrogens with zero attached hydrogens (tertiary/aromatic N) is 3. The second-order valence-electron chi connectivity index (χ2n) is 7.21. The summed E-state index contributed by atoms with van der Waals surface area (Å²) in [5.74, 6) is 1.21. The van der Waals surface area contributed by atoms with Gasteiger partial charge in [-0.25, -0.2) is 0 Å². The average molecular weight is 427 g/mol. The molecule has 0 radical (unpaired) electrons. The Morgan fingerprint density at radius 1 is 1.07 bits per heavy atom. The highest BCUT2D eigenvalue weighted by Crippen LogP contribution is 2.25. The molecule has 0 aliphatic heterocycles. The largest absolute Gasteiger partial charge is 0.353 e. The molecule has 5 nitrogen and oxygen atoms in total. The summed E-state index contributed by atoms with van der Waals surface area (Å²) in [5.41, 5.74) is 2.09. The van der Waals surface area contributed by atoms with E-state index < -0.39 is 0 Å². The van der Waals surface area contributed by atoms with Crippen molar-refractivity contribution in [3.8, 4) is 5.69 Å². The van der Waals surface area contributed by atoms with Crippen molar-refractivity contribution in [3.05, 3.63) is 71.0 Å². The summed E-state index contributed by atoms with van der Waals surface area (Å²) in [6.07, 6.45) is 5.22. The molecular weight excluding hydrogens is 404 g/mol. The predicted octanol–water partition coefficient (Wildman–Crippen LogP) is 4.66. The first-order valence-electron chi connectivity index (χ1n) is 9.85. The van der Waals surface area contributed by atoms with Crippen LogP contribution in [0.5, 0.6) is 0 Å². The van der Waals surface area contributed by atoms with Crippen LogP contribution < -0.4 is 5.32 Å². The summed E-state index contributed by atoms with van der Waals surface area (Å²) in [5, 5.41) is 13.3. The van der Waals surface area contributed by atoms with E-state index in [-0.39, 0.29) is 5.91 Å². The summed E-state index contributed by atoms with van der Waals surface area (Å²) in [4.78, 5) is 12.4. The van der Waals surface area contributed by atoms with Crippen LogP contribution in [-0.2, 0) is 11.2 Å². The van der Waals surface area contributed by atoms with Gasteiger partial charge in [-0.2, -0.15) is 0 Å². The molecule has 0 unspecified atom stereocenters. The number of rotatable bonds is 7. The number of halogens is 1. The van der Waals surface area contributed by atoms with Crippen LogP contribution in [0.2, 0.25) is 5.02 Å². The number of amides is 1. The number of aromatic nitrogens is 3. The van der Waals surface area contributed by atoms with Gasteiger partial charge in [-0.3, -0.25) is 9.36 Å². The molecule has 1 N–H and O–H groups in total. The number of thioether (sulfide) groups is 1. The highest BCUT2D eigenvalue weighted by molar-refractivity contribution is 7.99. The number of nitrogens with one attached hydrogen (secondary N) is 1. The van der Waals surface area contributed by atoms with Crippen molar-refractivity contribution in [1.29, 1.82) is 0 Å². The second-order valence-corrected chi connectivity index (χ2v) is 8.59. The monoisotopic (exact) mass is 426 g/mol. The molecule has 0 bridgehead atoms.